The molecule has 12 heteroatoms. The highest BCUT2D eigenvalue weighted by molar-refractivity contribution is 5.83. The van der Waals surface area contributed by atoms with E-state index in [0.717, 1.165) is 27.7 Å². The standard InChI is InChI=1S/C15H21NO11/c1-6(17)23-5-10-11(24-7(2)18)12(25-8(3)19)13(26-9(4)20)15(22,27-10)14(16)21/h10-13,22H,5H2,1-4H3,(H2,16,21)/t10-,11+,12+,13-,15+/m1/s1. The topological polar surface area (TPSA) is 178 Å². The van der Waals surface area contributed by atoms with Crippen LogP contribution in [0.15, 0.2) is 0 Å². The number of aliphatic hydroxyl groups is 1. The van der Waals surface area contributed by atoms with E-state index >= 15 is 0 Å². The second-order valence-corrected chi connectivity index (χ2v) is 5.70. The first-order chi connectivity index (χ1) is 12.4. The molecule has 1 fully saturated rings. The molecule has 0 aliphatic carbocycles. The Morgan fingerprint density at radius 3 is 1.78 bits per heavy atom. The van der Waals surface area contributed by atoms with Gasteiger partial charge in [0.05, 0.1) is 0 Å². The van der Waals surface area contributed by atoms with E-state index in [1.807, 2.05) is 0 Å². The number of amides is 1. The fraction of sp³-hybridized carbons (Fsp3) is 0.667. The van der Waals surface area contributed by atoms with Gasteiger partial charge in [-0.15, -0.1) is 0 Å². The van der Waals surface area contributed by atoms with Gasteiger partial charge in [0.1, 0.15) is 12.7 Å². The van der Waals surface area contributed by atoms with Crippen LogP contribution < -0.4 is 5.73 Å². The van der Waals surface area contributed by atoms with Gasteiger partial charge >= 0.3 is 23.9 Å². The van der Waals surface area contributed by atoms with E-state index in [2.05, 4.69) is 0 Å². The summed E-state index contributed by atoms with van der Waals surface area (Å²) in [7, 11) is 0. The average molecular weight is 391 g/mol. The van der Waals surface area contributed by atoms with Crippen molar-refractivity contribution in [3.63, 3.8) is 0 Å². The number of esters is 4. The molecule has 12 nitrogen and oxygen atoms in total. The smallest absolute Gasteiger partial charge is 0.303 e. The first-order valence-electron chi connectivity index (χ1n) is 7.73. The number of ether oxygens (including phenoxy) is 5. The molecule has 1 aliphatic rings. The second kappa shape index (κ2) is 8.77. The maximum absolute atomic E-state index is 11.8. The highest BCUT2D eigenvalue weighted by Crippen LogP contribution is 2.34. The maximum Gasteiger partial charge on any atom is 0.303 e. The Labute approximate surface area is 153 Å². The van der Waals surface area contributed by atoms with Crippen molar-refractivity contribution in [3.8, 4) is 0 Å². The lowest BCUT2D eigenvalue weighted by Gasteiger charge is -2.46. The van der Waals surface area contributed by atoms with Gasteiger partial charge in [-0.2, -0.15) is 0 Å². The number of primary amides is 1. The zero-order valence-corrected chi connectivity index (χ0v) is 15.1. The van der Waals surface area contributed by atoms with Gasteiger partial charge in [0, 0.05) is 27.7 Å². The van der Waals surface area contributed by atoms with Crippen molar-refractivity contribution >= 4 is 29.8 Å². The van der Waals surface area contributed by atoms with E-state index < -0.39 is 66.6 Å². The molecule has 3 N–H and O–H groups in total. The molecular formula is C15H21NO11. The van der Waals surface area contributed by atoms with Crippen molar-refractivity contribution in [1.82, 2.24) is 0 Å². The molecule has 0 spiro atoms. The van der Waals surface area contributed by atoms with Crippen molar-refractivity contribution < 1.29 is 52.8 Å². The van der Waals surface area contributed by atoms with Gasteiger partial charge in [-0.3, -0.25) is 24.0 Å². The molecule has 1 amide bonds. The van der Waals surface area contributed by atoms with E-state index in [1.54, 1.807) is 0 Å². The number of rotatable bonds is 6. The SMILES string of the molecule is CC(=O)OC[C@H]1O[C@](O)(C(N)=O)[C@H](OC(C)=O)[C@@H](OC(C)=O)[C@H]1OC(C)=O. The van der Waals surface area contributed by atoms with Crippen molar-refractivity contribution in [2.75, 3.05) is 6.61 Å². The first-order valence-corrected chi connectivity index (χ1v) is 7.73. The lowest BCUT2D eigenvalue weighted by molar-refractivity contribution is -0.334. The van der Waals surface area contributed by atoms with Gasteiger partial charge in [0.2, 0.25) is 6.10 Å². The van der Waals surface area contributed by atoms with Gasteiger partial charge in [0.15, 0.2) is 12.2 Å². The maximum atomic E-state index is 11.8. The summed E-state index contributed by atoms with van der Waals surface area (Å²) in [5, 5.41) is 10.6. The summed E-state index contributed by atoms with van der Waals surface area (Å²) in [4.78, 5) is 57.3. The van der Waals surface area contributed by atoms with Crippen LogP contribution in [0.5, 0.6) is 0 Å². The van der Waals surface area contributed by atoms with Crippen molar-refractivity contribution in [1.29, 1.82) is 0 Å². The molecule has 152 valence electrons. The molecule has 0 unspecified atom stereocenters. The highest BCUT2D eigenvalue weighted by atomic mass is 16.7. The summed E-state index contributed by atoms with van der Waals surface area (Å²) in [6.07, 6.45) is -6.59. The number of carbonyl (C=O) groups excluding carboxylic acids is 5. The molecule has 0 aromatic rings. The summed E-state index contributed by atoms with van der Waals surface area (Å²) in [5.74, 6) is -7.89. The highest BCUT2D eigenvalue weighted by Gasteiger charge is 2.62. The molecule has 0 saturated carbocycles. The molecule has 0 aromatic heterocycles. The normalized spacial score (nSPS) is 30.0. The summed E-state index contributed by atoms with van der Waals surface area (Å²) in [5.41, 5.74) is 5.16. The van der Waals surface area contributed by atoms with Crippen LogP contribution in [-0.4, -0.2) is 71.7 Å². The lowest BCUT2D eigenvalue weighted by Crippen LogP contribution is -2.71. The zero-order valence-electron chi connectivity index (χ0n) is 15.1. The molecule has 0 radical (unpaired) electrons. The van der Waals surface area contributed by atoms with E-state index in [0.29, 0.717) is 0 Å². The quantitative estimate of drug-likeness (QED) is 0.375. The predicted molar refractivity (Wildman–Crippen MR) is 82.3 cm³/mol. The third-order valence-electron chi connectivity index (χ3n) is 3.41. The third kappa shape index (κ3) is 5.62. The van der Waals surface area contributed by atoms with E-state index in [1.165, 1.54) is 0 Å². The van der Waals surface area contributed by atoms with Crippen molar-refractivity contribution in [2.45, 2.75) is 57.9 Å². The molecule has 1 heterocycles. The Hall–Kier alpha value is -2.73. The minimum atomic E-state index is -2.95. The van der Waals surface area contributed by atoms with Gasteiger partial charge in [-0.1, -0.05) is 0 Å². The van der Waals surface area contributed by atoms with Crippen LogP contribution in [-0.2, 0) is 47.7 Å². The first kappa shape index (κ1) is 22.3. The lowest BCUT2D eigenvalue weighted by atomic mass is 9.91. The van der Waals surface area contributed by atoms with Gasteiger partial charge in [0.25, 0.3) is 11.7 Å². The van der Waals surface area contributed by atoms with Crippen LogP contribution in [0.3, 0.4) is 0 Å². The summed E-state index contributed by atoms with van der Waals surface area (Å²) in [6, 6.07) is 0. The van der Waals surface area contributed by atoms with Crippen LogP contribution in [0.1, 0.15) is 27.7 Å². The Balaban J connectivity index is 3.43. The molecular weight excluding hydrogens is 370 g/mol. The van der Waals surface area contributed by atoms with E-state index in [4.69, 9.17) is 29.4 Å². The zero-order chi connectivity index (χ0) is 20.9. The molecule has 0 aromatic carbocycles. The number of hydrogen-bond acceptors (Lipinski definition) is 11. The third-order valence-corrected chi connectivity index (χ3v) is 3.41. The van der Waals surface area contributed by atoms with Crippen molar-refractivity contribution in [2.24, 2.45) is 5.73 Å². The summed E-state index contributed by atoms with van der Waals surface area (Å²) in [6.45, 7) is 3.47. The number of nitrogens with two attached hydrogens (primary N) is 1. The van der Waals surface area contributed by atoms with Crippen LogP contribution in [0.2, 0.25) is 0 Å². The minimum Gasteiger partial charge on any atom is -0.463 e. The van der Waals surface area contributed by atoms with Gasteiger partial charge < -0.3 is 34.5 Å². The molecule has 1 rings (SSSR count). The van der Waals surface area contributed by atoms with E-state index in [9.17, 15) is 29.1 Å². The monoisotopic (exact) mass is 391 g/mol. The predicted octanol–water partition coefficient (Wildman–Crippen LogP) is -2.08. The fourth-order valence-corrected chi connectivity index (χ4v) is 2.48. The number of carbonyl (C=O) groups is 5. The molecule has 1 saturated heterocycles. The van der Waals surface area contributed by atoms with Crippen LogP contribution in [0.4, 0.5) is 0 Å². The number of hydrogen-bond donors (Lipinski definition) is 2. The largest absolute Gasteiger partial charge is 0.463 e. The summed E-state index contributed by atoms with van der Waals surface area (Å²) < 4.78 is 24.9. The molecule has 0 bridgehead atoms. The Kier molecular flexibility index (Phi) is 7.25. The van der Waals surface area contributed by atoms with Crippen LogP contribution in [0.25, 0.3) is 0 Å². The Bertz CT molecular complexity index is 633. The minimum absolute atomic E-state index is 0.590. The average Bonchev–Trinajstić information content (AvgIpc) is 2.50. The Morgan fingerprint density at radius 2 is 1.37 bits per heavy atom. The summed E-state index contributed by atoms with van der Waals surface area (Å²) >= 11 is 0. The fourth-order valence-electron chi connectivity index (χ4n) is 2.48. The van der Waals surface area contributed by atoms with Gasteiger partial charge in [-0.05, 0) is 0 Å². The Morgan fingerprint density at radius 1 is 0.889 bits per heavy atom. The molecule has 5 atom stereocenters. The second-order valence-electron chi connectivity index (χ2n) is 5.70. The van der Waals surface area contributed by atoms with Crippen LogP contribution in [0, 0.1) is 0 Å². The van der Waals surface area contributed by atoms with Crippen molar-refractivity contribution in [3.05, 3.63) is 0 Å². The molecule has 27 heavy (non-hydrogen) atoms. The van der Waals surface area contributed by atoms with E-state index in [-0.39, 0.29) is 0 Å². The van der Waals surface area contributed by atoms with Crippen LogP contribution >= 0.6 is 0 Å². The molecule has 1 aliphatic heterocycles. The van der Waals surface area contributed by atoms with Gasteiger partial charge in [-0.25, -0.2) is 0 Å².